The number of halogens is 2. The number of amides is 2. The van der Waals surface area contributed by atoms with E-state index in [1.807, 2.05) is 6.92 Å². The van der Waals surface area contributed by atoms with E-state index in [0.29, 0.717) is 12.6 Å². The number of unbranched alkanes of at least 4 members (excludes halogenated alkanes) is 2. The molecule has 1 aromatic rings. The summed E-state index contributed by atoms with van der Waals surface area (Å²) in [6.07, 6.45) is 2.80. The maximum absolute atomic E-state index is 13.4. The van der Waals surface area contributed by atoms with Gasteiger partial charge in [0, 0.05) is 19.5 Å². The standard InChI is InChI=1S/C15H20F2N2O2/c1-3-4-5-8-19(11(2)20)10-15(21)18-14-7-6-12(16)9-13(14)17/h6-7,9H,3-5,8,10H2,1-2H3,(H,18,21). The Hall–Kier alpha value is -1.98. The number of hydrogen-bond donors (Lipinski definition) is 1. The van der Waals surface area contributed by atoms with Crippen molar-refractivity contribution in [2.24, 2.45) is 0 Å². The van der Waals surface area contributed by atoms with E-state index in [4.69, 9.17) is 0 Å². The average Bonchev–Trinajstić information content (AvgIpc) is 2.41. The highest BCUT2D eigenvalue weighted by molar-refractivity contribution is 5.94. The van der Waals surface area contributed by atoms with Gasteiger partial charge in [0.1, 0.15) is 11.6 Å². The van der Waals surface area contributed by atoms with Crippen LogP contribution in [0.3, 0.4) is 0 Å². The fraction of sp³-hybridized carbons (Fsp3) is 0.467. The first-order valence-electron chi connectivity index (χ1n) is 6.94. The summed E-state index contributed by atoms with van der Waals surface area (Å²) in [4.78, 5) is 24.7. The minimum absolute atomic E-state index is 0.0986. The lowest BCUT2D eigenvalue weighted by Gasteiger charge is -2.20. The molecule has 0 spiro atoms. The van der Waals surface area contributed by atoms with Crippen molar-refractivity contribution in [3.05, 3.63) is 29.8 Å². The number of anilines is 1. The monoisotopic (exact) mass is 298 g/mol. The summed E-state index contributed by atoms with van der Waals surface area (Å²) < 4.78 is 26.2. The molecule has 0 heterocycles. The van der Waals surface area contributed by atoms with Crippen LogP contribution in [0.5, 0.6) is 0 Å². The van der Waals surface area contributed by atoms with E-state index in [-0.39, 0.29) is 18.1 Å². The van der Waals surface area contributed by atoms with Gasteiger partial charge in [-0.15, -0.1) is 0 Å². The molecule has 0 fully saturated rings. The van der Waals surface area contributed by atoms with Gasteiger partial charge in [-0.25, -0.2) is 8.78 Å². The zero-order valence-electron chi connectivity index (χ0n) is 12.3. The molecule has 1 N–H and O–H groups in total. The summed E-state index contributed by atoms with van der Waals surface area (Å²) in [6, 6.07) is 2.90. The summed E-state index contributed by atoms with van der Waals surface area (Å²) >= 11 is 0. The van der Waals surface area contributed by atoms with Crippen molar-refractivity contribution in [2.75, 3.05) is 18.4 Å². The third-order valence-corrected chi connectivity index (χ3v) is 3.02. The summed E-state index contributed by atoms with van der Waals surface area (Å²) in [5, 5.41) is 2.34. The van der Waals surface area contributed by atoms with E-state index >= 15 is 0 Å². The molecule has 0 saturated carbocycles. The van der Waals surface area contributed by atoms with Crippen molar-refractivity contribution in [2.45, 2.75) is 33.1 Å². The van der Waals surface area contributed by atoms with E-state index in [2.05, 4.69) is 5.32 Å². The molecule has 116 valence electrons. The van der Waals surface area contributed by atoms with Gasteiger partial charge in [0.15, 0.2) is 0 Å². The van der Waals surface area contributed by atoms with Gasteiger partial charge in [0.2, 0.25) is 11.8 Å². The molecule has 21 heavy (non-hydrogen) atoms. The van der Waals surface area contributed by atoms with Gasteiger partial charge in [-0.3, -0.25) is 9.59 Å². The van der Waals surface area contributed by atoms with Crippen LogP contribution in [0.1, 0.15) is 33.1 Å². The minimum Gasteiger partial charge on any atom is -0.334 e. The van der Waals surface area contributed by atoms with Gasteiger partial charge in [-0.05, 0) is 18.6 Å². The van der Waals surface area contributed by atoms with E-state index in [0.717, 1.165) is 31.4 Å². The summed E-state index contributed by atoms with van der Waals surface area (Å²) in [7, 11) is 0. The minimum atomic E-state index is -0.844. The van der Waals surface area contributed by atoms with Gasteiger partial charge in [0.25, 0.3) is 0 Å². The molecule has 0 radical (unpaired) electrons. The number of carbonyl (C=O) groups excluding carboxylic acids is 2. The molecule has 4 nitrogen and oxygen atoms in total. The van der Waals surface area contributed by atoms with Crippen LogP contribution in [0.4, 0.5) is 14.5 Å². The van der Waals surface area contributed by atoms with E-state index < -0.39 is 17.5 Å². The second-order valence-corrected chi connectivity index (χ2v) is 4.82. The summed E-state index contributed by atoms with van der Waals surface area (Å²) in [6.45, 7) is 3.78. The number of carbonyl (C=O) groups is 2. The molecule has 0 atom stereocenters. The molecule has 0 aromatic heterocycles. The molecule has 0 aliphatic heterocycles. The van der Waals surface area contributed by atoms with Gasteiger partial charge in [-0.1, -0.05) is 19.8 Å². The maximum Gasteiger partial charge on any atom is 0.244 e. The third kappa shape index (κ3) is 5.89. The molecule has 0 unspecified atom stereocenters. The van der Waals surface area contributed by atoms with Crippen LogP contribution in [0.2, 0.25) is 0 Å². The molecule has 0 bridgehead atoms. The molecule has 0 aliphatic carbocycles. The number of nitrogens with one attached hydrogen (secondary N) is 1. The van der Waals surface area contributed by atoms with Gasteiger partial charge in [-0.2, -0.15) is 0 Å². The van der Waals surface area contributed by atoms with Crippen LogP contribution in [0, 0.1) is 11.6 Å². The first-order chi connectivity index (χ1) is 9.93. The largest absolute Gasteiger partial charge is 0.334 e. The zero-order valence-corrected chi connectivity index (χ0v) is 12.3. The summed E-state index contributed by atoms with van der Waals surface area (Å²) in [5.41, 5.74) is -0.0986. The lowest BCUT2D eigenvalue weighted by atomic mass is 10.2. The fourth-order valence-electron chi connectivity index (χ4n) is 1.85. The van der Waals surface area contributed by atoms with Crippen molar-refractivity contribution in [1.82, 2.24) is 4.90 Å². The Bertz CT molecular complexity index is 506. The van der Waals surface area contributed by atoms with Crippen molar-refractivity contribution in [3.63, 3.8) is 0 Å². The maximum atomic E-state index is 13.4. The van der Waals surface area contributed by atoms with Crippen molar-refractivity contribution in [3.8, 4) is 0 Å². The Labute approximate surface area is 123 Å². The third-order valence-electron chi connectivity index (χ3n) is 3.02. The molecule has 1 aromatic carbocycles. The predicted octanol–water partition coefficient (Wildman–Crippen LogP) is 2.94. The molecule has 0 saturated heterocycles. The Morgan fingerprint density at radius 2 is 1.95 bits per heavy atom. The van der Waals surface area contributed by atoms with Crippen molar-refractivity contribution in [1.29, 1.82) is 0 Å². The number of hydrogen-bond acceptors (Lipinski definition) is 2. The van der Waals surface area contributed by atoms with E-state index in [9.17, 15) is 18.4 Å². The first-order valence-corrected chi connectivity index (χ1v) is 6.94. The SMILES string of the molecule is CCCCCN(CC(=O)Nc1ccc(F)cc1F)C(C)=O. The topological polar surface area (TPSA) is 49.4 Å². The zero-order chi connectivity index (χ0) is 15.8. The second kappa shape index (κ2) is 8.34. The highest BCUT2D eigenvalue weighted by Crippen LogP contribution is 2.14. The highest BCUT2D eigenvalue weighted by atomic mass is 19.1. The Morgan fingerprint density at radius 3 is 2.52 bits per heavy atom. The van der Waals surface area contributed by atoms with Crippen LogP contribution < -0.4 is 5.32 Å². The van der Waals surface area contributed by atoms with Crippen LogP contribution in [-0.4, -0.2) is 29.8 Å². The van der Waals surface area contributed by atoms with Crippen LogP contribution in [0.25, 0.3) is 0 Å². The molecule has 1 rings (SSSR count). The molecular formula is C15H20F2N2O2. The fourth-order valence-corrected chi connectivity index (χ4v) is 1.85. The Morgan fingerprint density at radius 1 is 1.24 bits per heavy atom. The lowest BCUT2D eigenvalue weighted by molar-refractivity contribution is -0.132. The van der Waals surface area contributed by atoms with E-state index in [1.54, 1.807) is 0 Å². The van der Waals surface area contributed by atoms with Crippen molar-refractivity contribution >= 4 is 17.5 Å². The number of rotatable bonds is 7. The molecule has 0 aliphatic rings. The van der Waals surface area contributed by atoms with Gasteiger partial charge >= 0.3 is 0 Å². The average molecular weight is 298 g/mol. The molecule has 6 heteroatoms. The first kappa shape index (κ1) is 17.1. The Kier molecular flexibility index (Phi) is 6.78. The van der Waals surface area contributed by atoms with Crippen molar-refractivity contribution < 1.29 is 18.4 Å². The molecular weight excluding hydrogens is 278 g/mol. The van der Waals surface area contributed by atoms with Crippen LogP contribution in [-0.2, 0) is 9.59 Å². The van der Waals surface area contributed by atoms with Gasteiger partial charge < -0.3 is 10.2 Å². The number of benzene rings is 1. The smallest absolute Gasteiger partial charge is 0.244 e. The highest BCUT2D eigenvalue weighted by Gasteiger charge is 2.14. The lowest BCUT2D eigenvalue weighted by Crippen LogP contribution is -2.37. The summed E-state index contributed by atoms with van der Waals surface area (Å²) in [5.74, 6) is -2.27. The van der Waals surface area contributed by atoms with Crippen LogP contribution in [0.15, 0.2) is 18.2 Å². The predicted molar refractivity (Wildman–Crippen MR) is 76.8 cm³/mol. The quantitative estimate of drug-likeness (QED) is 0.787. The van der Waals surface area contributed by atoms with Gasteiger partial charge in [0.05, 0.1) is 12.2 Å². The number of nitrogens with zero attached hydrogens (tertiary/aromatic N) is 1. The Balaban J connectivity index is 2.59. The van der Waals surface area contributed by atoms with Crippen LogP contribution >= 0.6 is 0 Å². The normalized spacial score (nSPS) is 10.3. The second-order valence-electron chi connectivity index (χ2n) is 4.82. The molecule has 2 amide bonds. The van der Waals surface area contributed by atoms with E-state index in [1.165, 1.54) is 11.8 Å².